The van der Waals surface area contributed by atoms with Gasteiger partial charge in [-0.25, -0.2) is 4.98 Å². The molecular weight excluding hydrogens is 504 g/mol. The molecule has 2 amide bonds. The van der Waals surface area contributed by atoms with E-state index in [0.717, 1.165) is 35.6 Å². The van der Waals surface area contributed by atoms with Gasteiger partial charge in [-0.15, -0.1) is 11.3 Å². The van der Waals surface area contributed by atoms with E-state index in [0.29, 0.717) is 22.9 Å². The van der Waals surface area contributed by atoms with E-state index in [2.05, 4.69) is 46.5 Å². The minimum atomic E-state index is -1.16. The number of carbonyl (C=O) groups is 2. The molecule has 5 rings (SSSR count). The number of hydrogen-bond acceptors (Lipinski definition) is 8. The maximum absolute atomic E-state index is 12.7. The molecule has 2 aromatic carbocycles. The lowest BCUT2D eigenvalue weighted by molar-refractivity contribution is -0.115. The number of fused-ring (bicyclic) bond motifs is 1. The van der Waals surface area contributed by atoms with E-state index in [9.17, 15) is 14.7 Å². The van der Waals surface area contributed by atoms with E-state index < -0.39 is 11.5 Å². The molecule has 38 heavy (non-hydrogen) atoms. The number of nitrogens with one attached hydrogen (secondary N) is 2. The molecular formula is C28H32N4O5S. The number of carbonyl (C=O) groups excluding carboxylic acids is 2. The van der Waals surface area contributed by atoms with Crippen LogP contribution in [0.3, 0.4) is 0 Å². The van der Waals surface area contributed by atoms with Crippen LogP contribution in [0.15, 0.2) is 47.8 Å². The Morgan fingerprint density at radius 2 is 1.97 bits per heavy atom. The third kappa shape index (κ3) is 5.88. The molecule has 1 fully saturated rings. The van der Waals surface area contributed by atoms with Gasteiger partial charge in [0.15, 0.2) is 5.13 Å². The lowest BCUT2D eigenvalue weighted by Crippen LogP contribution is -2.45. The molecule has 1 saturated heterocycles. The van der Waals surface area contributed by atoms with E-state index in [-0.39, 0.29) is 31.3 Å². The van der Waals surface area contributed by atoms with Crippen molar-refractivity contribution in [2.45, 2.75) is 45.2 Å². The van der Waals surface area contributed by atoms with Crippen molar-refractivity contribution in [2.75, 3.05) is 36.5 Å². The Morgan fingerprint density at radius 1 is 1.18 bits per heavy atom. The highest BCUT2D eigenvalue weighted by atomic mass is 32.1. The molecule has 3 aromatic rings. The highest BCUT2D eigenvalue weighted by Crippen LogP contribution is 2.31. The van der Waals surface area contributed by atoms with Gasteiger partial charge in [0.25, 0.3) is 5.91 Å². The first-order chi connectivity index (χ1) is 18.2. The molecule has 3 atom stereocenters. The monoisotopic (exact) mass is 536 g/mol. The van der Waals surface area contributed by atoms with Gasteiger partial charge in [0.05, 0.1) is 37.7 Å². The van der Waals surface area contributed by atoms with Crippen LogP contribution in [0.25, 0.3) is 11.3 Å². The zero-order valence-corrected chi connectivity index (χ0v) is 22.5. The van der Waals surface area contributed by atoms with Gasteiger partial charge in [0.2, 0.25) is 5.91 Å². The fraction of sp³-hybridized carbons (Fsp3) is 0.393. The molecule has 3 N–H and O–H groups in total. The van der Waals surface area contributed by atoms with Gasteiger partial charge in [-0.3, -0.25) is 9.59 Å². The number of thiazole rings is 1. The summed E-state index contributed by atoms with van der Waals surface area (Å²) in [7, 11) is 0. The summed E-state index contributed by atoms with van der Waals surface area (Å²) in [6.07, 6.45) is 0.335. The van der Waals surface area contributed by atoms with Crippen molar-refractivity contribution in [1.82, 2.24) is 10.3 Å². The Morgan fingerprint density at radius 3 is 2.76 bits per heavy atom. The number of ether oxygens (including phenoxy) is 2. The van der Waals surface area contributed by atoms with Gasteiger partial charge in [0, 0.05) is 35.3 Å². The average molecular weight is 537 g/mol. The summed E-state index contributed by atoms with van der Waals surface area (Å²) in [5.41, 5.74) is 3.57. The van der Waals surface area contributed by atoms with Crippen LogP contribution in [0.1, 0.15) is 42.3 Å². The van der Waals surface area contributed by atoms with Crippen molar-refractivity contribution in [3.63, 3.8) is 0 Å². The van der Waals surface area contributed by atoms with Gasteiger partial charge < -0.3 is 30.1 Å². The Bertz CT molecular complexity index is 1330. The van der Waals surface area contributed by atoms with Crippen LogP contribution in [0.5, 0.6) is 0 Å². The summed E-state index contributed by atoms with van der Waals surface area (Å²) >= 11 is 1.33. The number of hydrogen-bond donors (Lipinski definition) is 3. The predicted octanol–water partition coefficient (Wildman–Crippen LogP) is 3.53. The Balaban J connectivity index is 1.18. The van der Waals surface area contributed by atoms with Gasteiger partial charge in [-0.05, 0) is 56.2 Å². The second-order valence-corrected chi connectivity index (χ2v) is 11.0. The minimum absolute atomic E-state index is 0.166. The van der Waals surface area contributed by atoms with Crippen LogP contribution in [-0.2, 0) is 26.5 Å². The van der Waals surface area contributed by atoms with Gasteiger partial charge in [-0.1, -0.05) is 18.2 Å². The molecule has 0 unspecified atom stereocenters. The molecule has 0 aliphatic carbocycles. The van der Waals surface area contributed by atoms with Crippen LogP contribution >= 0.6 is 11.3 Å². The maximum Gasteiger partial charge on any atom is 0.251 e. The third-order valence-electron chi connectivity index (χ3n) is 6.68. The summed E-state index contributed by atoms with van der Waals surface area (Å²) in [6, 6.07) is 13.3. The van der Waals surface area contributed by atoms with Crippen LogP contribution in [0, 0.1) is 0 Å². The van der Waals surface area contributed by atoms with Crippen molar-refractivity contribution in [2.24, 2.45) is 0 Å². The fourth-order valence-electron chi connectivity index (χ4n) is 4.92. The van der Waals surface area contributed by atoms with Crippen molar-refractivity contribution in [1.29, 1.82) is 0 Å². The molecule has 3 heterocycles. The minimum Gasteiger partial charge on any atom is -0.383 e. The lowest BCUT2D eigenvalue weighted by atomic mass is 9.89. The Hall–Kier alpha value is -3.31. The third-order valence-corrected chi connectivity index (χ3v) is 7.44. The topological polar surface area (TPSA) is 113 Å². The number of nitrogens with zero attached hydrogens (tertiary/aromatic N) is 2. The summed E-state index contributed by atoms with van der Waals surface area (Å²) in [4.78, 5) is 32.1. The Kier molecular flexibility index (Phi) is 7.49. The van der Waals surface area contributed by atoms with Crippen molar-refractivity contribution < 1.29 is 24.2 Å². The average Bonchev–Trinajstić information content (AvgIpc) is 3.35. The molecule has 2 aliphatic rings. The smallest absolute Gasteiger partial charge is 0.251 e. The van der Waals surface area contributed by atoms with Crippen LogP contribution < -0.4 is 15.5 Å². The fourth-order valence-corrected chi connectivity index (χ4v) is 5.66. The maximum atomic E-state index is 12.7. The first kappa shape index (κ1) is 26.3. The van der Waals surface area contributed by atoms with Crippen LogP contribution in [-0.4, -0.2) is 60.4 Å². The summed E-state index contributed by atoms with van der Waals surface area (Å²) in [5, 5.41) is 18.3. The van der Waals surface area contributed by atoms with Crippen LogP contribution in [0.2, 0.25) is 0 Å². The largest absolute Gasteiger partial charge is 0.383 e. The zero-order chi connectivity index (χ0) is 26.9. The van der Waals surface area contributed by atoms with E-state index in [1.807, 2.05) is 17.5 Å². The summed E-state index contributed by atoms with van der Waals surface area (Å²) in [5.74, 6) is -0.767. The summed E-state index contributed by atoms with van der Waals surface area (Å²) in [6.45, 7) is 7.83. The number of aliphatic hydroxyl groups is 1. The zero-order valence-electron chi connectivity index (χ0n) is 21.7. The van der Waals surface area contributed by atoms with Gasteiger partial charge in [0.1, 0.15) is 5.60 Å². The molecule has 0 radical (unpaired) electrons. The second kappa shape index (κ2) is 10.8. The number of aromatic nitrogens is 1. The van der Waals surface area contributed by atoms with Gasteiger partial charge in [-0.2, -0.15) is 0 Å². The molecule has 1 aromatic heterocycles. The molecule has 0 bridgehead atoms. The highest BCUT2D eigenvalue weighted by molar-refractivity contribution is 7.14. The molecule has 0 saturated carbocycles. The molecule has 10 heteroatoms. The van der Waals surface area contributed by atoms with Crippen molar-refractivity contribution in [3.8, 4) is 11.3 Å². The van der Waals surface area contributed by atoms with E-state index in [4.69, 9.17) is 9.47 Å². The summed E-state index contributed by atoms with van der Waals surface area (Å²) < 4.78 is 11.3. The van der Waals surface area contributed by atoms with Crippen molar-refractivity contribution >= 4 is 34.0 Å². The van der Waals surface area contributed by atoms with Gasteiger partial charge >= 0.3 is 0 Å². The standard InChI is InChI=1S/C28H32N4O5S/c1-17-12-32(13-18(2)37-17)22-6-4-5-19(9-22)24-15-38-27(30-24)31-25(33)11-29-26(34)20-7-8-21-14-36-16-28(3,35)23(21)10-20/h4-10,15,17-18,35H,11-14,16H2,1-3H3,(H,29,34)(H,30,31,33)/t17-,18+,28-/m1/s1. The van der Waals surface area contributed by atoms with E-state index in [1.165, 1.54) is 11.3 Å². The second-order valence-electron chi connectivity index (χ2n) is 10.1. The van der Waals surface area contributed by atoms with E-state index >= 15 is 0 Å². The normalized spacial score (nSPS) is 23.0. The number of rotatable bonds is 6. The number of amides is 2. The lowest BCUT2D eigenvalue weighted by Gasteiger charge is -2.37. The molecule has 200 valence electrons. The SMILES string of the molecule is C[C@@H]1CN(c2cccc(-c3csc(NC(=O)CNC(=O)c4ccc5c(c4)[C@](C)(O)COC5)n3)c2)C[C@H](C)O1. The molecule has 0 spiro atoms. The predicted molar refractivity (Wildman–Crippen MR) is 146 cm³/mol. The molecule has 2 aliphatic heterocycles. The highest BCUT2D eigenvalue weighted by Gasteiger charge is 2.31. The van der Waals surface area contributed by atoms with E-state index in [1.54, 1.807) is 25.1 Å². The molecule has 9 nitrogen and oxygen atoms in total. The number of anilines is 2. The number of benzene rings is 2. The Labute approximate surface area is 225 Å². The first-order valence-electron chi connectivity index (χ1n) is 12.7. The van der Waals surface area contributed by atoms with Crippen LogP contribution in [0.4, 0.5) is 10.8 Å². The first-order valence-corrected chi connectivity index (χ1v) is 13.5. The number of morpholine rings is 1. The quantitative estimate of drug-likeness (QED) is 0.442. The van der Waals surface area contributed by atoms with Crippen molar-refractivity contribution in [3.05, 3.63) is 64.5 Å².